The number of nitrogens with zero attached hydrogens (tertiary/aromatic N) is 2. The molecule has 2 bridgehead atoms. The summed E-state index contributed by atoms with van der Waals surface area (Å²) in [6.07, 6.45) is 6.79. The molecule has 0 saturated carbocycles. The molecule has 1 unspecified atom stereocenters. The van der Waals surface area contributed by atoms with Crippen LogP contribution in [0, 0.1) is 0 Å². The van der Waals surface area contributed by atoms with Crippen LogP contribution < -0.4 is 10.1 Å². The van der Waals surface area contributed by atoms with Crippen LogP contribution in [0.25, 0.3) is 0 Å². The van der Waals surface area contributed by atoms with Crippen LogP contribution in [0.2, 0.25) is 0 Å². The zero-order valence-electron chi connectivity index (χ0n) is 8.60. The standard InChI is InChI=1S/C11H15N3O/c1-2-11(14-12-5-1)15-10-6-8-3-4-9(7-10)13-8/h1-2,5,8-10,13H,3-4,6-7H2/t8-,9+,10?. The van der Waals surface area contributed by atoms with Gasteiger partial charge in [-0.3, -0.25) is 0 Å². The van der Waals surface area contributed by atoms with E-state index in [9.17, 15) is 0 Å². The zero-order valence-corrected chi connectivity index (χ0v) is 8.60. The van der Waals surface area contributed by atoms with Gasteiger partial charge in [0, 0.05) is 24.3 Å². The molecule has 0 spiro atoms. The summed E-state index contributed by atoms with van der Waals surface area (Å²) >= 11 is 0. The minimum atomic E-state index is 0.320. The van der Waals surface area contributed by atoms with Crippen molar-refractivity contribution in [2.24, 2.45) is 0 Å². The Hall–Kier alpha value is -1.16. The molecule has 3 rings (SSSR count). The Kier molecular flexibility index (Phi) is 2.29. The first-order valence-electron chi connectivity index (χ1n) is 5.60. The Morgan fingerprint density at radius 3 is 2.73 bits per heavy atom. The van der Waals surface area contributed by atoms with Gasteiger partial charge in [0.1, 0.15) is 6.10 Å². The summed E-state index contributed by atoms with van der Waals surface area (Å²) < 4.78 is 5.82. The molecule has 2 fully saturated rings. The van der Waals surface area contributed by atoms with E-state index in [0.29, 0.717) is 24.1 Å². The van der Waals surface area contributed by atoms with E-state index in [4.69, 9.17) is 4.74 Å². The first-order chi connectivity index (χ1) is 7.40. The predicted octanol–water partition coefficient (Wildman–Crippen LogP) is 1.14. The van der Waals surface area contributed by atoms with Gasteiger partial charge >= 0.3 is 0 Å². The minimum absolute atomic E-state index is 0.320. The Labute approximate surface area is 89.0 Å². The lowest BCUT2D eigenvalue weighted by Gasteiger charge is -2.28. The molecule has 15 heavy (non-hydrogen) atoms. The highest BCUT2D eigenvalue weighted by Gasteiger charge is 2.34. The molecule has 1 aromatic rings. The number of hydrogen-bond acceptors (Lipinski definition) is 4. The molecule has 2 aliphatic heterocycles. The summed E-state index contributed by atoms with van der Waals surface area (Å²) in [5.74, 6) is 0.656. The van der Waals surface area contributed by atoms with E-state index in [2.05, 4.69) is 15.5 Å². The molecule has 3 atom stereocenters. The van der Waals surface area contributed by atoms with Gasteiger partial charge < -0.3 is 10.1 Å². The number of piperidine rings is 1. The van der Waals surface area contributed by atoms with Crippen molar-refractivity contribution < 1.29 is 4.74 Å². The van der Waals surface area contributed by atoms with E-state index in [1.54, 1.807) is 6.20 Å². The van der Waals surface area contributed by atoms with Crippen LogP contribution in [0.1, 0.15) is 25.7 Å². The third kappa shape index (κ3) is 1.95. The van der Waals surface area contributed by atoms with E-state index in [1.807, 2.05) is 12.1 Å². The van der Waals surface area contributed by atoms with E-state index in [-0.39, 0.29) is 0 Å². The lowest BCUT2D eigenvalue weighted by molar-refractivity contribution is 0.130. The fourth-order valence-corrected chi connectivity index (χ4v) is 2.62. The van der Waals surface area contributed by atoms with E-state index in [1.165, 1.54) is 12.8 Å². The topological polar surface area (TPSA) is 47.0 Å². The summed E-state index contributed by atoms with van der Waals surface area (Å²) in [6, 6.07) is 5.05. The summed E-state index contributed by atoms with van der Waals surface area (Å²) in [5, 5.41) is 11.4. The van der Waals surface area contributed by atoms with Crippen molar-refractivity contribution in [2.45, 2.75) is 43.9 Å². The number of fused-ring (bicyclic) bond motifs is 2. The molecule has 3 heterocycles. The van der Waals surface area contributed by atoms with Crippen molar-refractivity contribution in [3.8, 4) is 5.88 Å². The average molecular weight is 205 g/mol. The molecule has 0 amide bonds. The highest BCUT2D eigenvalue weighted by molar-refractivity contribution is 5.07. The Morgan fingerprint density at radius 2 is 2.07 bits per heavy atom. The van der Waals surface area contributed by atoms with Gasteiger partial charge in [0.25, 0.3) is 0 Å². The maximum absolute atomic E-state index is 5.82. The zero-order chi connectivity index (χ0) is 10.1. The molecule has 4 heteroatoms. The molecular weight excluding hydrogens is 190 g/mol. The summed E-state index contributed by atoms with van der Waals surface area (Å²) in [7, 11) is 0. The molecule has 1 aromatic heterocycles. The van der Waals surface area contributed by atoms with E-state index in [0.717, 1.165) is 12.8 Å². The second-order valence-electron chi connectivity index (χ2n) is 4.41. The van der Waals surface area contributed by atoms with Crippen molar-refractivity contribution in [1.82, 2.24) is 15.5 Å². The summed E-state index contributed by atoms with van der Waals surface area (Å²) in [6.45, 7) is 0. The van der Waals surface area contributed by atoms with Gasteiger partial charge in [-0.2, -0.15) is 5.10 Å². The van der Waals surface area contributed by atoms with Crippen LogP contribution in [-0.4, -0.2) is 28.4 Å². The maximum atomic E-state index is 5.82. The lowest BCUT2D eigenvalue weighted by atomic mass is 10.0. The largest absolute Gasteiger partial charge is 0.473 e. The normalized spacial score (nSPS) is 34.0. The number of rotatable bonds is 2. The smallest absolute Gasteiger partial charge is 0.233 e. The quantitative estimate of drug-likeness (QED) is 0.786. The second kappa shape index (κ2) is 3.77. The highest BCUT2D eigenvalue weighted by atomic mass is 16.5. The molecule has 2 aliphatic rings. The van der Waals surface area contributed by atoms with Crippen molar-refractivity contribution >= 4 is 0 Å². The first kappa shape index (κ1) is 9.09. The Balaban J connectivity index is 1.65. The number of nitrogens with one attached hydrogen (secondary N) is 1. The fourth-order valence-electron chi connectivity index (χ4n) is 2.62. The average Bonchev–Trinajstić information content (AvgIpc) is 2.60. The van der Waals surface area contributed by atoms with Gasteiger partial charge in [-0.15, -0.1) is 5.10 Å². The van der Waals surface area contributed by atoms with Gasteiger partial charge in [-0.1, -0.05) is 0 Å². The fraction of sp³-hybridized carbons (Fsp3) is 0.636. The van der Waals surface area contributed by atoms with Crippen LogP contribution in [0.4, 0.5) is 0 Å². The predicted molar refractivity (Wildman–Crippen MR) is 55.6 cm³/mol. The maximum Gasteiger partial charge on any atom is 0.233 e. The van der Waals surface area contributed by atoms with Crippen LogP contribution in [0.5, 0.6) is 5.88 Å². The van der Waals surface area contributed by atoms with Gasteiger partial charge in [0.2, 0.25) is 5.88 Å². The number of hydrogen-bond donors (Lipinski definition) is 1. The molecule has 2 saturated heterocycles. The first-order valence-corrected chi connectivity index (χ1v) is 5.60. The molecular formula is C11H15N3O. The van der Waals surface area contributed by atoms with Crippen LogP contribution in [0.3, 0.4) is 0 Å². The van der Waals surface area contributed by atoms with Gasteiger partial charge in [-0.25, -0.2) is 0 Å². The van der Waals surface area contributed by atoms with Crippen LogP contribution in [0.15, 0.2) is 18.3 Å². The number of aromatic nitrogens is 2. The lowest BCUT2D eigenvalue weighted by Crippen LogP contribution is -2.42. The highest BCUT2D eigenvalue weighted by Crippen LogP contribution is 2.28. The molecule has 0 aromatic carbocycles. The van der Waals surface area contributed by atoms with Gasteiger partial charge in [0.05, 0.1) is 0 Å². The minimum Gasteiger partial charge on any atom is -0.473 e. The van der Waals surface area contributed by atoms with Crippen LogP contribution >= 0.6 is 0 Å². The molecule has 0 radical (unpaired) electrons. The monoisotopic (exact) mass is 205 g/mol. The van der Waals surface area contributed by atoms with Crippen molar-refractivity contribution in [3.63, 3.8) is 0 Å². The molecule has 80 valence electrons. The van der Waals surface area contributed by atoms with Gasteiger partial charge in [0.15, 0.2) is 0 Å². The SMILES string of the molecule is c1cnnc(OC2C[C@H]3CC[C@@H](C2)N3)c1. The van der Waals surface area contributed by atoms with Crippen molar-refractivity contribution in [2.75, 3.05) is 0 Å². The van der Waals surface area contributed by atoms with Crippen molar-refractivity contribution in [3.05, 3.63) is 18.3 Å². The second-order valence-corrected chi connectivity index (χ2v) is 4.41. The summed E-state index contributed by atoms with van der Waals surface area (Å²) in [4.78, 5) is 0. The molecule has 1 N–H and O–H groups in total. The summed E-state index contributed by atoms with van der Waals surface area (Å²) in [5.41, 5.74) is 0. The van der Waals surface area contributed by atoms with E-state index >= 15 is 0 Å². The Morgan fingerprint density at radius 1 is 1.27 bits per heavy atom. The van der Waals surface area contributed by atoms with Crippen molar-refractivity contribution in [1.29, 1.82) is 0 Å². The third-order valence-electron chi connectivity index (χ3n) is 3.27. The molecule has 0 aliphatic carbocycles. The van der Waals surface area contributed by atoms with Crippen LogP contribution in [-0.2, 0) is 0 Å². The van der Waals surface area contributed by atoms with E-state index < -0.39 is 0 Å². The van der Waals surface area contributed by atoms with Gasteiger partial charge in [-0.05, 0) is 31.7 Å². The Bertz CT molecular complexity index is 318. The number of ether oxygens (including phenoxy) is 1. The third-order valence-corrected chi connectivity index (χ3v) is 3.27. The molecule has 4 nitrogen and oxygen atoms in total.